The predicted octanol–water partition coefficient (Wildman–Crippen LogP) is 3.30. The Kier molecular flexibility index (Phi) is 3.91. The fraction of sp³-hybridized carbons (Fsp3) is 0.333. The molecule has 90 valence electrons. The second-order valence-corrected chi connectivity index (χ2v) is 4.69. The Labute approximate surface area is 108 Å². The molecular weight excluding hydrogens is 282 g/mol. The molecule has 2 rings (SSSR count). The van der Waals surface area contributed by atoms with Gasteiger partial charge in [0.15, 0.2) is 5.82 Å². The molecule has 1 unspecified atom stereocenters. The monoisotopic (exact) mass is 295 g/mol. The van der Waals surface area contributed by atoms with Gasteiger partial charge in [-0.3, -0.25) is 0 Å². The van der Waals surface area contributed by atoms with Crippen molar-refractivity contribution in [3.63, 3.8) is 0 Å². The minimum atomic E-state index is -0.153. The summed E-state index contributed by atoms with van der Waals surface area (Å²) in [5.74, 6) is 1.07. The maximum absolute atomic E-state index is 5.94. The number of hydrogen-bond acceptors (Lipinski definition) is 4. The Morgan fingerprint density at radius 1 is 1.41 bits per heavy atom. The predicted molar refractivity (Wildman–Crippen MR) is 69.3 cm³/mol. The molecule has 0 aliphatic heterocycles. The number of nitrogens with zero attached hydrogens (tertiary/aromatic N) is 2. The first kappa shape index (κ1) is 12.3. The van der Waals surface area contributed by atoms with Crippen LogP contribution in [0.2, 0.25) is 0 Å². The van der Waals surface area contributed by atoms with Crippen LogP contribution in [0.5, 0.6) is 0 Å². The minimum absolute atomic E-state index is 0.153. The van der Waals surface area contributed by atoms with E-state index in [-0.39, 0.29) is 6.04 Å². The standard InChI is InChI=1S/C12H14BrN3O/c1-2-5-10(14)11-15-12(17-16-11)8-6-3-4-7-9(8)13/h3-4,6-7,10H,2,5,14H2,1H3. The second-order valence-electron chi connectivity index (χ2n) is 3.83. The molecular formula is C12H14BrN3O. The highest BCUT2D eigenvalue weighted by atomic mass is 79.9. The van der Waals surface area contributed by atoms with Crippen molar-refractivity contribution in [3.05, 3.63) is 34.6 Å². The molecule has 0 saturated heterocycles. The molecule has 1 aromatic heterocycles. The Morgan fingerprint density at radius 2 is 2.18 bits per heavy atom. The van der Waals surface area contributed by atoms with Gasteiger partial charge in [0, 0.05) is 4.47 Å². The van der Waals surface area contributed by atoms with Crippen LogP contribution < -0.4 is 5.73 Å². The highest BCUT2D eigenvalue weighted by Gasteiger charge is 2.15. The molecule has 1 heterocycles. The smallest absolute Gasteiger partial charge is 0.259 e. The average molecular weight is 296 g/mol. The van der Waals surface area contributed by atoms with E-state index >= 15 is 0 Å². The number of aromatic nitrogens is 2. The highest BCUT2D eigenvalue weighted by molar-refractivity contribution is 9.10. The second kappa shape index (κ2) is 5.42. The molecule has 17 heavy (non-hydrogen) atoms. The molecule has 0 fully saturated rings. The van der Waals surface area contributed by atoms with Crippen LogP contribution >= 0.6 is 15.9 Å². The van der Waals surface area contributed by atoms with Gasteiger partial charge in [-0.25, -0.2) is 0 Å². The summed E-state index contributed by atoms with van der Waals surface area (Å²) in [5.41, 5.74) is 6.82. The Morgan fingerprint density at radius 3 is 2.88 bits per heavy atom. The van der Waals surface area contributed by atoms with Crippen molar-refractivity contribution in [2.75, 3.05) is 0 Å². The Hall–Kier alpha value is -1.20. The third-order valence-corrected chi connectivity index (χ3v) is 3.17. The van der Waals surface area contributed by atoms with Crippen molar-refractivity contribution in [1.29, 1.82) is 0 Å². The van der Waals surface area contributed by atoms with Crippen LogP contribution in [-0.2, 0) is 0 Å². The normalized spacial score (nSPS) is 12.6. The van der Waals surface area contributed by atoms with Crippen LogP contribution in [0, 0.1) is 0 Å². The van der Waals surface area contributed by atoms with E-state index in [4.69, 9.17) is 10.3 Å². The van der Waals surface area contributed by atoms with E-state index in [9.17, 15) is 0 Å². The van der Waals surface area contributed by atoms with Gasteiger partial charge in [0.05, 0.1) is 11.6 Å². The van der Waals surface area contributed by atoms with Gasteiger partial charge >= 0.3 is 0 Å². The van der Waals surface area contributed by atoms with Crippen molar-refractivity contribution in [2.45, 2.75) is 25.8 Å². The number of rotatable bonds is 4. The Bertz CT molecular complexity index is 498. The molecule has 1 atom stereocenters. The first-order valence-corrected chi connectivity index (χ1v) is 6.35. The summed E-state index contributed by atoms with van der Waals surface area (Å²) >= 11 is 3.45. The summed E-state index contributed by atoms with van der Waals surface area (Å²) in [7, 11) is 0. The van der Waals surface area contributed by atoms with Crippen LogP contribution in [0.1, 0.15) is 31.6 Å². The summed E-state index contributed by atoms with van der Waals surface area (Å²) in [6, 6.07) is 7.57. The van der Waals surface area contributed by atoms with Crippen LogP contribution in [0.3, 0.4) is 0 Å². The van der Waals surface area contributed by atoms with Gasteiger partial charge in [0.1, 0.15) is 0 Å². The lowest BCUT2D eigenvalue weighted by molar-refractivity contribution is 0.413. The number of hydrogen-bond donors (Lipinski definition) is 1. The third kappa shape index (κ3) is 2.73. The highest BCUT2D eigenvalue weighted by Crippen LogP contribution is 2.27. The summed E-state index contributed by atoms with van der Waals surface area (Å²) in [5, 5.41) is 3.92. The summed E-state index contributed by atoms with van der Waals surface area (Å²) in [4.78, 5) is 4.33. The van der Waals surface area contributed by atoms with E-state index in [1.54, 1.807) is 0 Å². The van der Waals surface area contributed by atoms with Gasteiger partial charge < -0.3 is 10.3 Å². The third-order valence-electron chi connectivity index (χ3n) is 2.48. The van der Waals surface area contributed by atoms with Crippen molar-refractivity contribution < 1.29 is 4.52 Å². The van der Waals surface area contributed by atoms with Crippen molar-refractivity contribution in [2.24, 2.45) is 5.73 Å². The summed E-state index contributed by atoms with van der Waals surface area (Å²) in [6.45, 7) is 2.08. The molecule has 0 aliphatic carbocycles. The Balaban J connectivity index is 2.27. The lowest BCUT2D eigenvalue weighted by Gasteiger charge is -2.02. The largest absolute Gasteiger partial charge is 0.334 e. The lowest BCUT2D eigenvalue weighted by atomic mass is 10.2. The van der Waals surface area contributed by atoms with Crippen LogP contribution in [0.15, 0.2) is 33.3 Å². The summed E-state index contributed by atoms with van der Waals surface area (Å²) < 4.78 is 6.16. The van der Waals surface area contributed by atoms with Gasteiger partial charge in [-0.15, -0.1) is 0 Å². The van der Waals surface area contributed by atoms with E-state index in [2.05, 4.69) is 33.0 Å². The first-order valence-electron chi connectivity index (χ1n) is 5.56. The van der Waals surface area contributed by atoms with Gasteiger partial charge in [-0.2, -0.15) is 4.98 Å². The molecule has 0 saturated carbocycles. The SMILES string of the molecule is CCCC(N)c1noc(-c2ccccc2Br)n1. The van der Waals surface area contributed by atoms with E-state index in [0.717, 1.165) is 22.9 Å². The fourth-order valence-electron chi connectivity index (χ4n) is 1.57. The molecule has 5 heteroatoms. The molecule has 2 aromatic rings. The maximum atomic E-state index is 5.94. The maximum Gasteiger partial charge on any atom is 0.259 e. The molecule has 1 aromatic carbocycles. The van der Waals surface area contributed by atoms with Gasteiger partial charge in [-0.1, -0.05) is 30.6 Å². The van der Waals surface area contributed by atoms with Crippen LogP contribution in [-0.4, -0.2) is 10.1 Å². The lowest BCUT2D eigenvalue weighted by Crippen LogP contribution is -2.11. The zero-order valence-electron chi connectivity index (χ0n) is 9.56. The van der Waals surface area contributed by atoms with E-state index < -0.39 is 0 Å². The molecule has 0 radical (unpaired) electrons. The number of halogens is 1. The molecule has 2 N–H and O–H groups in total. The molecule has 0 bridgehead atoms. The molecule has 0 spiro atoms. The van der Waals surface area contributed by atoms with Gasteiger partial charge in [0.2, 0.25) is 0 Å². The molecule has 0 aliphatic rings. The number of benzene rings is 1. The van der Waals surface area contributed by atoms with E-state index in [1.165, 1.54) is 0 Å². The molecule has 0 amide bonds. The van der Waals surface area contributed by atoms with E-state index in [0.29, 0.717) is 11.7 Å². The van der Waals surface area contributed by atoms with Gasteiger partial charge in [-0.05, 0) is 34.5 Å². The zero-order chi connectivity index (χ0) is 12.3. The quantitative estimate of drug-likeness (QED) is 0.940. The molecule has 4 nitrogen and oxygen atoms in total. The van der Waals surface area contributed by atoms with E-state index in [1.807, 2.05) is 24.3 Å². The van der Waals surface area contributed by atoms with Crippen molar-refractivity contribution in [3.8, 4) is 11.5 Å². The zero-order valence-corrected chi connectivity index (χ0v) is 11.1. The first-order chi connectivity index (χ1) is 8.22. The van der Waals surface area contributed by atoms with Crippen molar-refractivity contribution in [1.82, 2.24) is 10.1 Å². The fourth-order valence-corrected chi connectivity index (χ4v) is 2.02. The van der Waals surface area contributed by atoms with Crippen LogP contribution in [0.25, 0.3) is 11.5 Å². The van der Waals surface area contributed by atoms with Gasteiger partial charge in [0.25, 0.3) is 5.89 Å². The van der Waals surface area contributed by atoms with Crippen LogP contribution in [0.4, 0.5) is 0 Å². The minimum Gasteiger partial charge on any atom is -0.334 e. The number of nitrogens with two attached hydrogens (primary N) is 1. The van der Waals surface area contributed by atoms with Crippen molar-refractivity contribution >= 4 is 15.9 Å². The summed E-state index contributed by atoms with van der Waals surface area (Å²) in [6.07, 6.45) is 1.86. The topological polar surface area (TPSA) is 64.9 Å². The average Bonchev–Trinajstić information content (AvgIpc) is 2.79.